The van der Waals surface area contributed by atoms with Gasteiger partial charge in [-0.3, -0.25) is 0 Å². The minimum Gasteiger partial charge on any atom is -0.369 e. The summed E-state index contributed by atoms with van der Waals surface area (Å²) in [5, 5.41) is 0. The maximum Gasteiger partial charge on any atom is 0.0368 e. The van der Waals surface area contributed by atoms with Gasteiger partial charge in [-0.2, -0.15) is 0 Å². The molecule has 1 nitrogen and oxygen atoms in total. The molecule has 82 valence electrons. The van der Waals surface area contributed by atoms with E-state index >= 15 is 0 Å². The van der Waals surface area contributed by atoms with Crippen LogP contribution in [0.2, 0.25) is 0 Å². The molecule has 1 aliphatic carbocycles. The first-order valence-corrected chi connectivity index (χ1v) is 6.23. The molecule has 0 radical (unpaired) electrons. The van der Waals surface area contributed by atoms with Gasteiger partial charge in [-0.15, -0.1) is 0 Å². The van der Waals surface area contributed by atoms with Crippen LogP contribution in [-0.2, 0) is 0 Å². The topological polar surface area (TPSA) is 3.24 Å². The molecule has 0 N–H and O–H groups in total. The van der Waals surface area contributed by atoms with Crippen molar-refractivity contribution >= 4 is 5.69 Å². The van der Waals surface area contributed by atoms with Crippen molar-refractivity contribution in [3.8, 4) is 0 Å². The number of hydrogen-bond acceptors (Lipinski definition) is 1. The van der Waals surface area contributed by atoms with Gasteiger partial charge in [-0.1, -0.05) is 37.5 Å². The second kappa shape index (κ2) is 5.20. The molecule has 1 aromatic carbocycles. The quantitative estimate of drug-likeness (QED) is 0.721. The molecule has 0 unspecified atom stereocenters. The third-order valence-corrected chi connectivity index (χ3v) is 3.44. The number of para-hydroxylation sites is 1. The van der Waals surface area contributed by atoms with Crippen molar-refractivity contribution < 1.29 is 0 Å². The summed E-state index contributed by atoms with van der Waals surface area (Å²) >= 11 is 0. The van der Waals surface area contributed by atoms with Gasteiger partial charge >= 0.3 is 0 Å². The van der Waals surface area contributed by atoms with E-state index in [1.54, 1.807) is 0 Å². The van der Waals surface area contributed by atoms with Crippen LogP contribution in [0.3, 0.4) is 0 Å². The minimum absolute atomic E-state index is 0.783. The van der Waals surface area contributed by atoms with E-state index in [-0.39, 0.29) is 0 Å². The normalized spacial score (nSPS) is 17.7. The summed E-state index contributed by atoms with van der Waals surface area (Å²) in [4.78, 5) is 2.57. The molecule has 15 heavy (non-hydrogen) atoms. The van der Waals surface area contributed by atoms with Gasteiger partial charge in [0.15, 0.2) is 0 Å². The molecule has 1 heteroatoms. The predicted octanol–water partition coefficient (Wildman–Crippen LogP) is 3.85. The van der Waals surface area contributed by atoms with Crippen LogP contribution in [0.5, 0.6) is 0 Å². The Labute approximate surface area is 93.1 Å². The zero-order valence-corrected chi connectivity index (χ0v) is 9.65. The summed E-state index contributed by atoms with van der Waals surface area (Å²) in [6.45, 7) is 3.40. The van der Waals surface area contributed by atoms with E-state index in [9.17, 15) is 0 Å². The predicted molar refractivity (Wildman–Crippen MR) is 66.3 cm³/mol. The number of anilines is 1. The number of nitrogens with zero attached hydrogens (tertiary/aromatic N) is 1. The van der Waals surface area contributed by atoms with Gasteiger partial charge in [0.2, 0.25) is 0 Å². The lowest BCUT2D eigenvalue weighted by atomic mass is 9.94. The molecule has 0 saturated heterocycles. The Hall–Kier alpha value is -0.980. The fourth-order valence-corrected chi connectivity index (χ4v) is 2.66. The molecule has 0 heterocycles. The molecular formula is C14H21N. The molecule has 0 bridgehead atoms. The maximum atomic E-state index is 2.57. The highest BCUT2D eigenvalue weighted by Gasteiger charge is 2.19. The second-order valence-electron chi connectivity index (χ2n) is 4.41. The van der Waals surface area contributed by atoms with E-state index in [0.29, 0.717) is 0 Å². The van der Waals surface area contributed by atoms with E-state index in [4.69, 9.17) is 0 Å². The van der Waals surface area contributed by atoms with Crippen LogP contribution in [0.4, 0.5) is 5.69 Å². The zero-order chi connectivity index (χ0) is 10.5. The molecule has 1 aliphatic rings. The first-order chi connectivity index (χ1) is 7.42. The van der Waals surface area contributed by atoms with Crippen LogP contribution in [-0.4, -0.2) is 12.6 Å². The van der Waals surface area contributed by atoms with Crippen molar-refractivity contribution in [2.75, 3.05) is 11.4 Å². The lowest BCUT2D eigenvalue weighted by molar-refractivity contribution is 0.418. The number of rotatable bonds is 3. The van der Waals surface area contributed by atoms with Gasteiger partial charge in [0, 0.05) is 18.3 Å². The summed E-state index contributed by atoms with van der Waals surface area (Å²) < 4.78 is 0. The fourth-order valence-electron chi connectivity index (χ4n) is 2.66. The van der Waals surface area contributed by atoms with Crippen molar-refractivity contribution in [2.24, 2.45) is 0 Å². The molecule has 0 atom stereocenters. The van der Waals surface area contributed by atoms with Crippen molar-refractivity contribution in [3.63, 3.8) is 0 Å². The first-order valence-electron chi connectivity index (χ1n) is 6.23. The van der Waals surface area contributed by atoms with Crippen molar-refractivity contribution in [1.82, 2.24) is 0 Å². The number of hydrogen-bond donors (Lipinski definition) is 0. The Morgan fingerprint density at radius 2 is 1.73 bits per heavy atom. The average molecular weight is 203 g/mol. The molecule has 0 aromatic heterocycles. The van der Waals surface area contributed by atoms with E-state index in [1.807, 2.05) is 0 Å². The standard InChI is InChI=1S/C14H21N/c1-2-15(13-9-5-3-6-10-13)14-11-7-4-8-12-14/h3,5-6,9-10,14H,2,4,7-8,11-12H2,1H3. The van der Waals surface area contributed by atoms with Crippen LogP contribution in [0.25, 0.3) is 0 Å². The lowest BCUT2D eigenvalue weighted by Gasteiger charge is -2.35. The Balaban J connectivity index is 2.09. The third-order valence-electron chi connectivity index (χ3n) is 3.44. The maximum absolute atomic E-state index is 2.57. The Morgan fingerprint density at radius 1 is 1.07 bits per heavy atom. The molecule has 0 aliphatic heterocycles. The van der Waals surface area contributed by atoms with E-state index in [0.717, 1.165) is 12.6 Å². The van der Waals surface area contributed by atoms with E-state index in [2.05, 4.69) is 42.2 Å². The minimum atomic E-state index is 0.783. The SMILES string of the molecule is CCN(c1ccccc1)C1CCCCC1. The largest absolute Gasteiger partial charge is 0.369 e. The molecule has 1 fully saturated rings. The summed E-state index contributed by atoms with van der Waals surface area (Å²) in [5.74, 6) is 0. The molecule has 2 rings (SSSR count). The highest BCUT2D eigenvalue weighted by atomic mass is 15.2. The van der Waals surface area contributed by atoms with Crippen LogP contribution < -0.4 is 4.90 Å². The molecule has 1 saturated carbocycles. The molecule has 0 spiro atoms. The Kier molecular flexibility index (Phi) is 3.65. The Morgan fingerprint density at radius 3 is 2.33 bits per heavy atom. The highest BCUT2D eigenvalue weighted by Crippen LogP contribution is 2.26. The van der Waals surface area contributed by atoms with Crippen LogP contribution in [0.1, 0.15) is 39.0 Å². The lowest BCUT2D eigenvalue weighted by Crippen LogP contribution is -2.36. The van der Waals surface area contributed by atoms with Crippen LogP contribution in [0, 0.1) is 0 Å². The zero-order valence-electron chi connectivity index (χ0n) is 9.65. The van der Waals surface area contributed by atoms with Crippen molar-refractivity contribution in [3.05, 3.63) is 30.3 Å². The van der Waals surface area contributed by atoms with Gasteiger partial charge in [0.05, 0.1) is 0 Å². The second-order valence-corrected chi connectivity index (χ2v) is 4.41. The Bertz CT molecular complexity index is 275. The average Bonchev–Trinajstić information content (AvgIpc) is 2.33. The fraction of sp³-hybridized carbons (Fsp3) is 0.571. The van der Waals surface area contributed by atoms with E-state index < -0.39 is 0 Å². The monoisotopic (exact) mass is 203 g/mol. The summed E-state index contributed by atoms with van der Waals surface area (Å²) in [5.41, 5.74) is 1.40. The van der Waals surface area contributed by atoms with Crippen LogP contribution in [0.15, 0.2) is 30.3 Å². The van der Waals surface area contributed by atoms with Gasteiger partial charge in [0.25, 0.3) is 0 Å². The molecule has 0 amide bonds. The molecular weight excluding hydrogens is 182 g/mol. The smallest absolute Gasteiger partial charge is 0.0368 e. The summed E-state index contributed by atoms with van der Waals surface area (Å²) in [7, 11) is 0. The van der Waals surface area contributed by atoms with E-state index in [1.165, 1.54) is 37.8 Å². The van der Waals surface area contributed by atoms with Crippen LogP contribution >= 0.6 is 0 Å². The van der Waals surface area contributed by atoms with Crippen molar-refractivity contribution in [1.29, 1.82) is 0 Å². The van der Waals surface area contributed by atoms with Crippen molar-refractivity contribution in [2.45, 2.75) is 45.1 Å². The summed E-state index contributed by atoms with van der Waals surface area (Å²) in [6.07, 6.45) is 7.01. The highest BCUT2D eigenvalue weighted by molar-refractivity contribution is 5.46. The summed E-state index contributed by atoms with van der Waals surface area (Å²) in [6, 6.07) is 11.6. The van der Waals surface area contributed by atoms with Gasteiger partial charge < -0.3 is 4.90 Å². The number of benzene rings is 1. The van der Waals surface area contributed by atoms with Gasteiger partial charge in [-0.25, -0.2) is 0 Å². The molecule has 1 aromatic rings. The van der Waals surface area contributed by atoms with Gasteiger partial charge in [0.1, 0.15) is 0 Å². The van der Waals surface area contributed by atoms with Gasteiger partial charge in [-0.05, 0) is 31.9 Å². The first kappa shape index (κ1) is 10.5. The third kappa shape index (κ3) is 2.53.